The summed E-state index contributed by atoms with van der Waals surface area (Å²) in [4.78, 5) is 23.9. The Bertz CT molecular complexity index is 868. The van der Waals surface area contributed by atoms with Crippen LogP contribution >= 0.6 is 0 Å². The first-order chi connectivity index (χ1) is 11.6. The lowest BCUT2D eigenvalue weighted by Gasteiger charge is -2.12. The maximum absolute atomic E-state index is 12.3. The van der Waals surface area contributed by atoms with Crippen molar-refractivity contribution in [2.45, 2.75) is 12.8 Å². The molecule has 0 spiro atoms. The van der Waals surface area contributed by atoms with Crippen LogP contribution in [0.4, 0.5) is 0 Å². The molecule has 1 unspecified atom stereocenters. The second-order valence-electron chi connectivity index (χ2n) is 5.91. The average molecular weight is 318 g/mol. The molecule has 3 rings (SSSR count). The summed E-state index contributed by atoms with van der Waals surface area (Å²) in [5, 5.41) is 11.7. The van der Waals surface area contributed by atoms with Crippen molar-refractivity contribution in [3.63, 3.8) is 0 Å². The predicted molar refractivity (Wildman–Crippen MR) is 94.2 cm³/mol. The number of aliphatic carboxylic acids is 1. The zero-order chi connectivity index (χ0) is 16.9. The molecule has 0 heterocycles. The topological polar surface area (TPSA) is 54.4 Å². The Kier molecular flexibility index (Phi) is 4.71. The molecule has 3 nitrogen and oxygen atoms in total. The Morgan fingerprint density at radius 2 is 1.50 bits per heavy atom. The van der Waals surface area contributed by atoms with Gasteiger partial charge in [0.15, 0.2) is 5.78 Å². The van der Waals surface area contributed by atoms with Crippen LogP contribution in [0.2, 0.25) is 0 Å². The fraction of sp³-hybridized carbons (Fsp3) is 0.143. The van der Waals surface area contributed by atoms with Gasteiger partial charge in [0.05, 0.1) is 5.92 Å². The molecule has 3 aromatic carbocycles. The molecule has 1 atom stereocenters. The van der Waals surface area contributed by atoms with E-state index in [1.54, 1.807) is 24.3 Å². The molecule has 1 N–H and O–H groups in total. The number of hydrogen-bond acceptors (Lipinski definition) is 2. The Labute approximate surface area is 140 Å². The van der Waals surface area contributed by atoms with E-state index in [0.29, 0.717) is 12.0 Å². The van der Waals surface area contributed by atoms with Gasteiger partial charge in [0.25, 0.3) is 0 Å². The molecule has 0 radical (unpaired) electrons. The molecule has 0 saturated heterocycles. The molecule has 0 aliphatic carbocycles. The highest BCUT2D eigenvalue weighted by molar-refractivity contribution is 5.98. The smallest absolute Gasteiger partial charge is 0.307 e. The highest BCUT2D eigenvalue weighted by Crippen LogP contribution is 2.20. The second-order valence-corrected chi connectivity index (χ2v) is 5.91. The van der Waals surface area contributed by atoms with E-state index >= 15 is 0 Å². The average Bonchev–Trinajstić information content (AvgIpc) is 2.61. The molecule has 0 aliphatic heterocycles. The van der Waals surface area contributed by atoms with Crippen LogP contribution in [0.25, 0.3) is 10.8 Å². The van der Waals surface area contributed by atoms with Crippen molar-refractivity contribution in [2.75, 3.05) is 0 Å². The SMILES string of the molecule is O=C(CC(Cc1ccc2ccccc2c1)C(=O)O)c1ccccc1. The summed E-state index contributed by atoms with van der Waals surface area (Å²) in [6.07, 6.45) is 0.352. The predicted octanol–water partition coefficient (Wildman–Crippen LogP) is 4.36. The standard InChI is InChI=1S/C21H18O3/c22-20(17-7-2-1-3-8-17)14-19(21(23)24)13-15-10-11-16-6-4-5-9-18(16)12-15/h1-12,19H,13-14H2,(H,23,24). The monoisotopic (exact) mass is 318 g/mol. The largest absolute Gasteiger partial charge is 0.481 e. The van der Waals surface area contributed by atoms with Crippen molar-refractivity contribution in [3.8, 4) is 0 Å². The fourth-order valence-corrected chi connectivity index (χ4v) is 2.86. The van der Waals surface area contributed by atoms with E-state index in [9.17, 15) is 14.7 Å². The van der Waals surface area contributed by atoms with Gasteiger partial charge >= 0.3 is 5.97 Å². The number of carboxylic acids is 1. The van der Waals surface area contributed by atoms with Crippen molar-refractivity contribution in [3.05, 3.63) is 83.9 Å². The number of hydrogen-bond donors (Lipinski definition) is 1. The van der Waals surface area contributed by atoms with E-state index in [0.717, 1.165) is 16.3 Å². The number of benzene rings is 3. The van der Waals surface area contributed by atoms with E-state index in [1.165, 1.54) is 0 Å². The van der Waals surface area contributed by atoms with Gasteiger partial charge < -0.3 is 5.11 Å². The molecule has 3 aromatic rings. The van der Waals surface area contributed by atoms with E-state index in [-0.39, 0.29) is 12.2 Å². The molecule has 0 saturated carbocycles. The van der Waals surface area contributed by atoms with Gasteiger partial charge in [-0.25, -0.2) is 0 Å². The van der Waals surface area contributed by atoms with Gasteiger partial charge in [-0.3, -0.25) is 9.59 Å². The van der Waals surface area contributed by atoms with Gasteiger partial charge in [0, 0.05) is 12.0 Å². The van der Waals surface area contributed by atoms with E-state index < -0.39 is 11.9 Å². The maximum atomic E-state index is 12.3. The van der Waals surface area contributed by atoms with Crippen LogP contribution in [0.5, 0.6) is 0 Å². The van der Waals surface area contributed by atoms with Crippen molar-refractivity contribution < 1.29 is 14.7 Å². The molecule has 0 fully saturated rings. The summed E-state index contributed by atoms with van der Waals surface area (Å²) in [5.41, 5.74) is 1.49. The van der Waals surface area contributed by atoms with Crippen LogP contribution in [-0.2, 0) is 11.2 Å². The van der Waals surface area contributed by atoms with Crippen LogP contribution in [0.15, 0.2) is 72.8 Å². The summed E-state index contributed by atoms with van der Waals surface area (Å²) in [5.74, 6) is -1.80. The highest BCUT2D eigenvalue weighted by Gasteiger charge is 2.22. The number of ketones is 1. The van der Waals surface area contributed by atoms with Gasteiger partial charge in [-0.05, 0) is 22.8 Å². The lowest BCUT2D eigenvalue weighted by molar-refractivity contribution is -0.141. The van der Waals surface area contributed by atoms with Crippen LogP contribution in [0.3, 0.4) is 0 Å². The molecule has 0 amide bonds. The highest BCUT2D eigenvalue weighted by atomic mass is 16.4. The van der Waals surface area contributed by atoms with Crippen molar-refractivity contribution in [1.29, 1.82) is 0 Å². The van der Waals surface area contributed by atoms with Gasteiger partial charge in [0.2, 0.25) is 0 Å². The number of carboxylic acid groups (broad SMARTS) is 1. The third-order valence-corrected chi connectivity index (χ3v) is 4.17. The van der Waals surface area contributed by atoms with Crippen molar-refractivity contribution >= 4 is 22.5 Å². The Balaban J connectivity index is 1.78. The van der Waals surface area contributed by atoms with Crippen molar-refractivity contribution in [2.24, 2.45) is 5.92 Å². The lowest BCUT2D eigenvalue weighted by Crippen LogP contribution is -2.20. The molecule has 0 bridgehead atoms. The van der Waals surface area contributed by atoms with Crippen LogP contribution in [-0.4, -0.2) is 16.9 Å². The summed E-state index contributed by atoms with van der Waals surface area (Å²) in [7, 11) is 0. The van der Waals surface area contributed by atoms with Gasteiger partial charge in [-0.1, -0.05) is 72.8 Å². The molecular weight excluding hydrogens is 300 g/mol. The Morgan fingerprint density at radius 1 is 0.833 bits per heavy atom. The number of carbonyl (C=O) groups excluding carboxylic acids is 1. The molecule has 3 heteroatoms. The Hall–Kier alpha value is -2.94. The number of carbonyl (C=O) groups is 2. The molecule has 0 aromatic heterocycles. The minimum atomic E-state index is -0.938. The molecular formula is C21H18O3. The van der Waals surface area contributed by atoms with Crippen LogP contribution in [0, 0.1) is 5.92 Å². The number of rotatable bonds is 6. The van der Waals surface area contributed by atoms with E-state index in [4.69, 9.17) is 0 Å². The summed E-state index contributed by atoms with van der Waals surface area (Å²) in [6, 6.07) is 22.7. The number of fused-ring (bicyclic) bond motifs is 1. The lowest BCUT2D eigenvalue weighted by atomic mass is 9.91. The molecule has 24 heavy (non-hydrogen) atoms. The van der Waals surface area contributed by atoms with E-state index in [1.807, 2.05) is 48.5 Å². The van der Waals surface area contributed by atoms with Gasteiger partial charge in [-0.2, -0.15) is 0 Å². The number of Topliss-reactive ketones (excluding diaryl/α,β-unsaturated/α-hetero) is 1. The van der Waals surface area contributed by atoms with Crippen molar-refractivity contribution in [1.82, 2.24) is 0 Å². The summed E-state index contributed by atoms with van der Waals surface area (Å²) >= 11 is 0. The first kappa shape index (κ1) is 15.9. The fourth-order valence-electron chi connectivity index (χ4n) is 2.86. The molecule has 0 aliphatic rings. The third kappa shape index (κ3) is 3.69. The van der Waals surface area contributed by atoms with Crippen LogP contribution < -0.4 is 0 Å². The normalized spacial score (nSPS) is 12.0. The van der Waals surface area contributed by atoms with Gasteiger partial charge in [0.1, 0.15) is 0 Å². The quantitative estimate of drug-likeness (QED) is 0.687. The Morgan fingerprint density at radius 3 is 2.21 bits per heavy atom. The maximum Gasteiger partial charge on any atom is 0.307 e. The third-order valence-electron chi connectivity index (χ3n) is 4.17. The summed E-state index contributed by atoms with van der Waals surface area (Å²) in [6.45, 7) is 0. The minimum Gasteiger partial charge on any atom is -0.481 e. The molecule has 120 valence electrons. The minimum absolute atomic E-state index is 0.00612. The zero-order valence-corrected chi connectivity index (χ0v) is 13.2. The van der Waals surface area contributed by atoms with Gasteiger partial charge in [-0.15, -0.1) is 0 Å². The first-order valence-corrected chi connectivity index (χ1v) is 7.92. The van der Waals surface area contributed by atoms with E-state index in [2.05, 4.69) is 0 Å². The zero-order valence-electron chi connectivity index (χ0n) is 13.2. The van der Waals surface area contributed by atoms with Crippen LogP contribution in [0.1, 0.15) is 22.3 Å². The summed E-state index contributed by atoms with van der Waals surface area (Å²) < 4.78 is 0. The first-order valence-electron chi connectivity index (χ1n) is 7.92. The second kappa shape index (κ2) is 7.09.